The van der Waals surface area contributed by atoms with E-state index in [1.54, 1.807) is 54.3 Å². The molecule has 2 atom stereocenters. The molecule has 0 unspecified atom stereocenters. The largest absolute Gasteiger partial charge is 0.396 e. The van der Waals surface area contributed by atoms with Gasteiger partial charge in [0, 0.05) is 134 Å². The number of aromatic nitrogens is 28. The minimum absolute atomic E-state index is 0.0488. The van der Waals surface area contributed by atoms with E-state index in [0.717, 1.165) is 163 Å². The molecule has 16 heterocycles. The first-order valence-electron chi connectivity index (χ1n) is 39.3. The summed E-state index contributed by atoms with van der Waals surface area (Å²) in [4.78, 5) is 19.7. The van der Waals surface area contributed by atoms with Crippen LogP contribution in [0.4, 0.5) is 0 Å². The summed E-state index contributed by atoms with van der Waals surface area (Å²) in [5, 5.41) is 90.1. The molecule has 16 aromatic rings. The van der Waals surface area contributed by atoms with E-state index in [0.29, 0.717) is 56.8 Å². The highest BCUT2D eigenvalue weighted by Crippen LogP contribution is 2.34. The lowest BCUT2D eigenvalue weighted by atomic mass is 10.1. The van der Waals surface area contributed by atoms with Gasteiger partial charge in [0.05, 0.1) is 204 Å². The van der Waals surface area contributed by atoms with E-state index in [-0.39, 0.29) is 38.3 Å². The standard InChI is InChI=1S/2C21H27N7O.C20H25N7O.C19H23N7O/c2*1-4-18(5-2)27-12-17(9-24-27)21-20-6-7-22-28(20)13-19(25-21)16-8-23-26(11-16)10-15(3)14-29;1-3-17(4-2)26-13-16(11-23-26)20-19-6-7-21-27(19)14-18(24-20)15-10-22-25(12-15)8-5-9-28;1-3-16(4-2)25-12-15(10-22-25)19-18-5-6-20-26(18)13-17(23-19)14-9-21-24(11-14)7-8-27/h2*6-9,11-13,15,18,29H,4-5,10,14H2,1-3H3;6-7,10-14,17,28H,3-5,8-9H2,1-2H3;5-6,9-13,16,27H,3-4,7-8H2,1-2H3/t2*15-;;/m10../s1. The molecule has 0 aliphatic rings. The molecular weight excluding hydrogens is 1430 g/mol. The van der Waals surface area contributed by atoms with E-state index in [2.05, 4.69) is 141 Å². The highest BCUT2D eigenvalue weighted by molar-refractivity contribution is 5.81. The molecule has 113 heavy (non-hydrogen) atoms. The van der Waals surface area contributed by atoms with Gasteiger partial charge in [-0.05, 0) is 93.9 Å². The van der Waals surface area contributed by atoms with Gasteiger partial charge in [0.25, 0.3) is 0 Å². The van der Waals surface area contributed by atoms with Crippen LogP contribution in [0.2, 0.25) is 0 Å². The molecule has 0 radical (unpaired) electrons. The van der Waals surface area contributed by atoms with Crippen LogP contribution in [0.25, 0.3) is 112 Å². The lowest BCUT2D eigenvalue weighted by molar-refractivity contribution is 0.219. The van der Waals surface area contributed by atoms with Gasteiger partial charge in [-0.25, -0.2) is 38.0 Å². The third kappa shape index (κ3) is 18.0. The van der Waals surface area contributed by atoms with Crippen LogP contribution in [0.15, 0.2) is 173 Å². The number of aliphatic hydroxyl groups excluding tert-OH is 4. The van der Waals surface area contributed by atoms with Crippen molar-refractivity contribution in [1.82, 2.24) is 137 Å². The van der Waals surface area contributed by atoms with Gasteiger partial charge in [-0.3, -0.25) is 37.5 Å². The normalized spacial score (nSPS) is 12.3. The van der Waals surface area contributed by atoms with Gasteiger partial charge in [-0.1, -0.05) is 69.2 Å². The number of fused-ring (bicyclic) bond motifs is 4. The summed E-state index contributed by atoms with van der Waals surface area (Å²) in [6.45, 7) is 24.3. The first kappa shape index (κ1) is 79.1. The monoisotopic (exact) mass is 1530 g/mol. The Morgan fingerprint density at radius 2 is 0.540 bits per heavy atom. The summed E-state index contributed by atoms with van der Waals surface area (Å²) >= 11 is 0. The fourth-order valence-electron chi connectivity index (χ4n) is 13.9. The van der Waals surface area contributed by atoms with Gasteiger partial charge < -0.3 is 20.4 Å². The molecule has 0 aromatic carbocycles. The summed E-state index contributed by atoms with van der Waals surface area (Å²) in [6.07, 6.45) is 54.4. The zero-order chi connectivity index (χ0) is 79.1. The van der Waals surface area contributed by atoms with E-state index < -0.39 is 0 Å². The lowest BCUT2D eigenvalue weighted by Gasteiger charge is -2.12. The van der Waals surface area contributed by atoms with Crippen LogP contribution in [-0.4, -0.2) is 183 Å². The second-order valence-electron chi connectivity index (χ2n) is 28.5. The van der Waals surface area contributed by atoms with Crippen LogP contribution in [0, 0.1) is 11.8 Å². The lowest BCUT2D eigenvalue weighted by Crippen LogP contribution is -2.11. The Balaban J connectivity index is 0.000000132. The molecule has 32 nitrogen and oxygen atoms in total. The Bertz CT molecular complexity index is 5480. The summed E-state index contributed by atoms with van der Waals surface area (Å²) < 4.78 is 22.7. The van der Waals surface area contributed by atoms with E-state index in [4.69, 9.17) is 30.1 Å². The van der Waals surface area contributed by atoms with Crippen molar-refractivity contribution in [2.75, 3.05) is 26.4 Å². The molecule has 0 aliphatic heterocycles. The Morgan fingerprint density at radius 1 is 0.283 bits per heavy atom. The van der Waals surface area contributed by atoms with E-state index >= 15 is 0 Å². The van der Waals surface area contributed by atoms with Crippen LogP contribution in [-0.2, 0) is 26.2 Å². The van der Waals surface area contributed by atoms with Crippen molar-refractivity contribution in [2.24, 2.45) is 11.8 Å². The average Bonchev–Trinajstić information content (AvgIpc) is 1.67. The van der Waals surface area contributed by atoms with E-state index in [1.165, 1.54) is 0 Å². The van der Waals surface area contributed by atoms with Gasteiger partial charge in [0.15, 0.2) is 0 Å². The Labute approximate surface area is 654 Å². The molecule has 32 heteroatoms. The van der Waals surface area contributed by atoms with Gasteiger partial charge in [0.2, 0.25) is 0 Å². The topological polar surface area (TPSA) is 344 Å². The molecule has 16 aromatic heterocycles. The Morgan fingerprint density at radius 3 is 0.796 bits per heavy atom. The third-order valence-corrected chi connectivity index (χ3v) is 20.5. The predicted molar refractivity (Wildman–Crippen MR) is 431 cm³/mol. The molecule has 0 saturated carbocycles. The zero-order valence-electron chi connectivity index (χ0n) is 66.0. The molecule has 590 valence electrons. The minimum Gasteiger partial charge on any atom is -0.396 e. The number of hydrogen-bond donors (Lipinski definition) is 4. The fourth-order valence-corrected chi connectivity index (χ4v) is 13.9. The molecule has 0 fully saturated rings. The maximum atomic E-state index is 9.28. The SMILES string of the molecule is CCC(CC)n1cc(-c2nc(-c3cnn(CCCO)c3)cn3nccc23)cn1.CCC(CC)n1cc(-c2nc(-c3cnn(CCO)c3)cn3nccc23)cn1.CCC(CC)n1cc(-c2nc(-c3cnn(C[C@@H](C)CO)c3)cn3nccc23)cn1.CCC(CC)n1cc(-c2nc(-c3cnn(C[C@H](C)CO)c3)cn3nccc23)cn1. The maximum absolute atomic E-state index is 9.28. The highest BCUT2D eigenvalue weighted by Gasteiger charge is 2.22. The summed E-state index contributed by atoms with van der Waals surface area (Å²) in [5.74, 6) is 0.298. The Hall–Kier alpha value is -12.0. The summed E-state index contributed by atoms with van der Waals surface area (Å²) in [6, 6.07) is 9.40. The van der Waals surface area contributed by atoms with Crippen LogP contribution < -0.4 is 0 Å². The van der Waals surface area contributed by atoms with Crippen molar-refractivity contribution in [1.29, 1.82) is 0 Å². The van der Waals surface area contributed by atoms with E-state index in [1.807, 2.05) is 163 Å². The van der Waals surface area contributed by atoms with Crippen molar-refractivity contribution in [2.45, 2.75) is 177 Å². The maximum Gasteiger partial charge on any atom is 0.0999 e. The van der Waals surface area contributed by atoms with Crippen LogP contribution in [0.3, 0.4) is 0 Å². The minimum atomic E-state index is 0.0488. The molecule has 0 amide bonds. The zero-order valence-corrected chi connectivity index (χ0v) is 66.0. The molecule has 0 bridgehead atoms. The van der Waals surface area contributed by atoms with Crippen LogP contribution in [0.5, 0.6) is 0 Å². The van der Waals surface area contributed by atoms with Gasteiger partial charge in [-0.2, -0.15) is 61.2 Å². The predicted octanol–water partition coefficient (Wildman–Crippen LogP) is 12.9. The third-order valence-electron chi connectivity index (χ3n) is 20.5. The first-order valence-corrected chi connectivity index (χ1v) is 39.3. The summed E-state index contributed by atoms with van der Waals surface area (Å²) in [7, 11) is 0. The Kier molecular flexibility index (Phi) is 25.8. The van der Waals surface area contributed by atoms with Crippen molar-refractivity contribution < 1.29 is 20.4 Å². The number of aryl methyl sites for hydroxylation is 1. The van der Waals surface area contributed by atoms with Crippen LogP contribution >= 0.6 is 0 Å². The molecule has 16 rings (SSSR count). The van der Waals surface area contributed by atoms with Gasteiger partial charge >= 0.3 is 0 Å². The molecule has 0 saturated heterocycles. The number of hydrogen-bond acceptors (Lipinski definition) is 20. The van der Waals surface area contributed by atoms with Crippen molar-refractivity contribution >= 4 is 22.1 Å². The van der Waals surface area contributed by atoms with Gasteiger partial charge in [-0.15, -0.1) is 0 Å². The molecule has 0 aliphatic carbocycles. The second-order valence-corrected chi connectivity index (χ2v) is 28.5. The first-order chi connectivity index (χ1) is 55.2. The fraction of sp³-hybridized carbons (Fsp3) is 0.407. The molecule has 0 spiro atoms. The molecular formula is C81H102N28O4. The number of nitrogens with zero attached hydrogens (tertiary/aromatic N) is 28. The number of rotatable bonds is 31. The smallest absolute Gasteiger partial charge is 0.0999 e. The second kappa shape index (κ2) is 36.9. The van der Waals surface area contributed by atoms with Crippen LogP contribution in [0.1, 0.15) is 151 Å². The van der Waals surface area contributed by atoms with Crippen molar-refractivity contribution in [3.8, 4) is 90.1 Å². The number of aliphatic hydroxyl groups is 4. The highest BCUT2D eigenvalue weighted by atomic mass is 16.3. The molecule has 4 N–H and O–H groups in total. The average molecular weight is 1530 g/mol. The van der Waals surface area contributed by atoms with Crippen molar-refractivity contribution in [3.63, 3.8) is 0 Å². The van der Waals surface area contributed by atoms with Crippen molar-refractivity contribution in [3.05, 3.63) is 173 Å². The van der Waals surface area contributed by atoms with Gasteiger partial charge in [0.1, 0.15) is 0 Å². The van der Waals surface area contributed by atoms with E-state index in [9.17, 15) is 10.2 Å². The quantitative estimate of drug-likeness (QED) is 0.0313. The summed E-state index contributed by atoms with van der Waals surface area (Å²) in [5.41, 5.74) is 17.9.